The van der Waals surface area contributed by atoms with Gasteiger partial charge in [0.05, 0.1) is 12.7 Å². The van der Waals surface area contributed by atoms with Gasteiger partial charge in [-0.05, 0) is 54.8 Å². The molecule has 0 heterocycles. The number of aryl methyl sites for hydroxylation is 1. The van der Waals surface area contributed by atoms with Crippen LogP contribution < -0.4 is 10.1 Å². The molecule has 0 saturated heterocycles. The number of hydrogen-bond donors (Lipinski definition) is 2. The lowest BCUT2D eigenvalue weighted by atomic mass is 10.1. The van der Waals surface area contributed by atoms with Crippen LogP contribution in [-0.2, 0) is 13.0 Å². The van der Waals surface area contributed by atoms with Crippen molar-refractivity contribution in [2.24, 2.45) is 0 Å². The lowest BCUT2D eigenvalue weighted by molar-refractivity contribution is 0.0696. The molecule has 2 aromatic carbocycles. The Kier molecular flexibility index (Phi) is 5.98. The van der Waals surface area contributed by atoms with E-state index in [1.807, 2.05) is 18.2 Å². The number of aromatic carboxylic acids is 1. The molecule has 0 unspecified atom stereocenters. The molecule has 2 aromatic rings. The fourth-order valence-corrected chi connectivity index (χ4v) is 2.26. The van der Waals surface area contributed by atoms with Gasteiger partial charge >= 0.3 is 5.97 Å². The van der Waals surface area contributed by atoms with Gasteiger partial charge in [-0.25, -0.2) is 4.79 Å². The molecule has 0 aromatic heterocycles. The maximum atomic E-state index is 10.9. The fourth-order valence-electron chi connectivity index (χ4n) is 2.26. The lowest BCUT2D eigenvalue weighted by Crippen LogP contribution is -2.15. The Morgan fingerprint density at radius 3 is 2.59 bits per heavy atom. The van der Waals surface area contributed by atoms with Crippen LogP contribution in [0.3, 0.4) is 0 Å². The van der Waals surface area contributed by atoms with Crippen LogP contribution in [-0.4, -0.2) is 24.7 Å². The van der Waals surface area contributed by atoms with E-state index >= 15 is 0 Å². The molecule has 0 radical (unpaired) electrons. The smallest absolute Gasteiger partial charge is 0.335 e. The van der Waals surface area contributed by atoms with Crippen molar-refractivity contribution < 1.29 is 14.6 Å². The number of carboxylic acids is 1. The van der Waals surface area contributed by atoms with Gasteiger partial charge in [-0.1, -0.05) is 24.3 Å². The van der Waals surface area contributed by atoms with E-state index in [9.17, 15) is 4.79 Å². The topological polar surface area (TPSA) is 58.6 Å². The van der Waals surface area contributed by atoms with Gasteiger partial charge in [0, 0.05) is 6.54 Å². The Hall–Kier alpha value is -2.33. The number of carbonyl (C=O) groups is 1. The van der Waals surface area contributed by atoms with Crippen molar-refractivity contribution in [2.75, 3.05) is 13.7 Å². The first-order chi connectivity index (χ1) is 10.7. The number of benzene rings is 2. The van der Waals surface area contributed by atoms with Crippen molar-refractivity contribution in [1.82, 2.24) is 5.32 Å². The molecule has 2 rings (SSSR count). The summed E-state index contributed by atoms with van der Waals surface area (Å²) in [5.41, 5.74) is 2.61. The fraction of sp³-hybridized carbons (Fsp3) is 0.278. The van der Waals surface area contributed by atoms with Gasteiger partial charge in [0.15, 0.2) is 0 Å². The third-order valence-electron chi connectivity index (χ3n) is 3.48. The Bertz CT molecular complexity index is 608. The molecule has 0 aliphatic carbocycles. The van der Waals surface area contributed by atoms with E-state index in [0.29, 0.717) is 12.1 Å². The normalized spacial score (nSPS) is 10.4. The molecule has 0 atom stereocenters. The second-order valence-electron chi connectivity index (χ2n) is 5.13. The summed E-state index contributed by atoms with van der Waals surface area (Å²) < 4.78 is 5.13. The average Bonchev–Trinajstić information content (AvgIpc) is 2.55. The molecule has 0 amide bonds. The van der Waals surface area contributed by atoms with Gasteiger partial charge in [-0.3, -0.25) is 0 Å². The minimum atomic E-state index is -0.888. The number of methoxy groups -OCH3 is 1. The quantitative estimate of drug-likeness (QED) is 0.735. The summed E-state index contributed by atoms with van der Waals surface area (Å²) in [4.78, 5) is 10.9. The Labute approximate surface area is 130 Å². The predicted molar refractivity (Wildman–Crippen MR) is 86.4 cm³/mol. The van der Waals surface area contributed by atoms with Gasteiger partial charge < -0.3 is 15.2 Å². The van der Waals surface area contributed by atoms with E-state index in [1.54, 1.807) is 25.3 Å². The zero-order chi connectivity index (χ0) is 15.8. The van der Waals surface area contributed by atoms with Crippen molar-refractivity contribution in [3.8, 4) is 5.75 Å². The highest BCUT2D eigenvalue weighted by molar-refractivity contribution is 5.87. The van der Waals surface area contributed by atoms with E-state index in [0.717, 1.165) is 30.7 Å². The predicted octanol–water partition coefficient (Wildman–Crippen LogP) is 3.12. The van der Waals surface area contributed by atoms with Gasteiger partial charge in [-0.2, -0.15) is 0 Å². The molecular formula is C18H21NO3. The Morgan fingerprint density at radius 1 is 1.14 bits per heavy atom. The summed E-state index contributed by atoms with van der Waals surface area (Å²) >= 11 is 0. The van der Waals surface area contributed by atoms with Crippen LogP contribution >= 0.6 is 0 Å². The molecule has 4 nitrogen and oxygen atoms in total. The van der Waals surface area contributed by atoms with Crippen LogP contribution in [0, 0.1) is 0 Å². The van der Waals surface area contributed by atoms with E-state index < -0.39 is 5.97 Å². The van der Waals surface area contributed by atoms with Crippen LogP contribution in [0.15, 0.2) is 48.5 Å². The first-order valence-electron chi connectivity index (χ1n) is 7.35. The summed E-state index contributed by atoms with van der Waals surface area (Å²) in [7, 11) is 1.66. The number of rotatable bonds is 8. The van der Waals surface area contributed by atoms with Crippen molar-refractivity contribution in [3.05, 3.63) is 65.2 Å². The molecular weight excluding hydrogens is 278 g/mol. The highest BCUT2D eigenvalue weighted by Crippen LogP contribution is 2.12. The summed E-state index contributed by atoms with van der Waals surface area (Å²) in [6.45, 7) is 1.58. The average molecular weight is 299 g/mol. The van der Waals surface area contributed by atoms with Crippen LogP contribution in [0.4, 0.5) is 0 Å². The summed E-state index contributed by atoms with van der Waals surface area (Å²) in [6.07, 6.45) is 2.04. The summed E-state index contributed by atoms with van der Waals surface area (Å²) in [5, 5.41) is 12.3. The van der Waals surface area contributed by atoms with Crippen molar-refractivity contribution in [3.63, 3.8) is 0 Å². The van der Waals surface area contributed by atoms with Gasteiger partial charge in [-0.15, -0.1) is 0 Å². The number of carboxylic acid groups (broad SMARTS) is 1. The first kappa shape index (κ1) is 16.0. The highest BCUT2D eigenvalue weighted by atomic mass is 16.5. The zero-order valence-electron chi connectivity index (χ0n) is 12.7. The van der Waals surface area contributed by atoms with Crippen LogP contribution in [0.5, 0.6) is 5.75 Å². The monoisotopic (exact) mass is 299 g/mol. The molecule has 0 aliphatic heterocycles. The van der Waals surface area contributed by atoms with Crippen LogP contribution in [0.2, 0.25) is 0 Å². The second-order valence-corrected chi connectivity index (χ2v) is 5.13. The molecule has 0 aliphatic rings. The molecule has 4 heteroatoms. The minimum Gasteiger partial charge on any atom is -0.497 e. The SMILES string of the molecule is COc1ccc(CCCNCc2cccc(C(=O)O)c2)cc1. The number of nitrogens with one attached hydrogen (secondary N) is 1. The van der Waals surface area contributed by atoms with E-state index in [2.05, 4.69) is 17.4 Å². The Morgan fingerprint density at radius 2 is 1.91 bits per heavy atom. The maximum absolute atomic E-state index is 10.9. The third kappa shape index (κ3) is 4.90. The Balaban J connectivity index is 1.70. The molecule has 116 valence electrons. The molecule has 0 saturated carbocycles. The summed E-state index contributed by atoms with van der Waals surface area (Å²) in [5.74, 6) is -0.0125. The highest BCUT2D eigenvalue weighted by Gasteiger charge is 2.02. The molecule has 22 heavy (non-hydrogen) atoms. The molecule has 0 fully saturated rings. The first-order valence-corrected chi connectivity index (χ1v) is 7.35. The van der Waals surface area contributed by atoms with E-state index in [1.165, 1.54) is 5.56 Å². The van der Waals surface area contributed by atoms with Gasteiger partial charge in [0.2, 0.25) is 0 Å². The second kappa shape index (κ2) is 8.20. The minimum absolute atomic E-state index is 0.331. The van der Waals surface area contributed by atoms with Crippen molar-refractivity contribution in [2.45, 2.75) is 19.4 Å². The number of ether oxygens (including phenoxy) is 1. The zero-order valence-corrected chi connectivity index (χ0v) is 12.7. The van der Waals surface area contributed by atoms with E-state index in [4.69, 9.17) is 9.84 Å². The van der Waals surface area contributed by atoms with Crippen molar-refractivity contribution in [1.29, 1.82) is 0 Å². The molecule has 2 N–H and O–H groups in total. The third-order valence-corrected chi connectivity index (χ3v) is 3.48. The maximum Gasteiger partial charge on any atom is 0.335 e. The molecule has 0 bridgehead atoms. The van der Waals surface area contributed by atoms with Crippen LogP contribution in [0.1, 0.15) is 27.9 Å². The van der Waals surface area contributed by atoms with Gasteiger partial charge in [0.25, 0.3) is 0 Å². The number of hydrogen-bond acceptors (Lipinski definition) is 3. The molecule has 0 spiro atoms. The lowest BCUT2D eigenvalue weighted by Gasteiger charge is -2.06. The van der Waals surface area contributed by atoms with E-state index in [-0.39, 0.29) is 0 Å². The van der Waals surface area contributed by atoms with Gasteiger partial charge in [0.1, 0.15) is 5.75 Å². The standard InChI is InChI=1S/C18H21NO3/c1-22-17-9-7-14(8-10-17)5-3-11-19-13-15-4-2-6-16(12-15)18(20)21/h2,4,6-10,12,19H,3,5,11,13H2,1H3,(H,20,21). The van der Waals surface area contributed by atoms with Crippen LogP contribution in [0.25, 0.3) is 0 Å². The van der Waals surface area contributed by atoms with Crippen molar-refractivity contribution >= 4 is 5.97 Å². The largest absolute Gasteiger partial charge is 0.497 e. The summed E-state index contributed by atoms with van der Waals surface area (Å²) in [6, 6.07) is 15.1.